The van der Waals surface area contributed by atoms with Crippen molar-refractivity contribution in [2.45, 2.75) is 52.4 Å². The number of nitrogens with zero attached hydrogens (tertiary/aromatic N) is 1. The van der Waals surface area contributed by atoms with Crippen molar-refractivity contribution in [3.05, 3.63) is 29.8 Å². The maximum atomic E-state index is 11.3. The quantitative estimate of drug-likeness (QED) is 0.799. The molecule has 1 saturated heterocycles. The first-order valence-electron chi connectivity index (χ1n) is 7.28. The highest BCUT2D eigenvalue weighted by atomic mass is 16.7. The van der Waals surface area contributed by atoms with Crippen molar-refractivity contribution in [2.75, 3.05) is 7.05 Å². The molecule has 2 rings (SSSR count). The van der Waals surface area contributed by atoms with Crippen LogP contribution < -0.4 is 5.46 Å². The van der Waals surface area contributed by atoms with Crippen molar-refractivity contribution in [1.29, 1.82) is 0 Å². The van der Waals surface area contributed by atoms with E-state index in [9.17, 15) is 4.79 Å². The molecule has 1 heterocycles. The minimum absolute atomic E-state index is 0.0602. The van der Waals surface area contributed by atoms with Crippen LogP contribution in [0.1, 0.15) is 40.2 Å². The summed E-state index contributed by atoms with van der Waals surface area (Å²) in [6.07, 6.45) is 0. The van der Waals surface area contributed by atoms with Crippen LogP contribution in [0.15, 0.2) is 24.3 Å². The standard InChI is InChI=1S/C16H24BNO3/c1-12(19)18(6)11-13-7-9-14(10-8-13)17-20-15(2,3)16(4,5)21-17/h7-10H,11H2,1-6H3. The zero-order valence-corrected chi connectivity index (χ0v) is 13.8. The van der Waals surface area contributed by atoms with Crippen molar-refractivity contribution in [3.63, 3.8) is 0 Å². The highest BCUT2D eigenvalue weighted by Gasteiger charge is 2.51. The molecule has 1 aromatic carbocycles. The maximum absolute atomic E-state index is 11.3. The lowest BCUT2D eigenvalue weighted by Crippen LogP contribution is -2.41. The van der Waals surface area contributed by atoms with Crippen LogP contribution in [0.25, 0.3) is 0 Å². The van der Waals surface area contributed by atoms with E-state index in [4.69, 9.17) is 9.31 Å². The molecule has 0 atom stereocenters. The van der Waals surface area contributed by atoms with Crippen molar-refractivity contribution >= 4 is 18.5 Å². The van der Waals surface area contributed by atoms with E-state index in [1.54, 1.807) is 18.9 Å². The topological polar surface area (TPSA) is 38.8 Å². The number of benzene rings is 1. The van der Waals surface area contributed by atoms with Crippen LogP contribution in [-0.2, 0) is 20.6 Å². The minimum Gasteiger partial charge on any atom is -0.399 e. The Kier molecular flexibility index (Phi) is 4.18. The molecule has 0 radical (unpaired) electrons. The highest BCUT2D eigenvalue weighted by Crippen LogP contribution is 2.36. The summed E-state index contributed by atoms with van der Waals surface area (Å²) < 4.78 is 12.0. The second-order valence-electron chi connectivity index (χ2n) is 6.70. The van der Waals surface area contributed by atoms with Gasteiger partial charge in [-0.3, -0.25) is 4.79 Å². The van der Waals surface area contributed by atoms with Gasteiger partial charge in [0.1, 0.15) is 0 Å². The molecule has 1 amide bonds. The van der Waals surface area contributed by atoms with Gasteiger partial charge < -0.3 is 14.2 Å². The van der Waals surface area contributed by atoms with Crippen LogP contribution in [0.3, 0.4) is 0 Å². The SMILES string of the molecule is CC(=O)N(C)Cc1ccc(B2OC(C)(C)C(C)(C)O2)cc1. The lowest BCUT2D eigenvalue weighted by molar-refractivity contribution is -0.128. The average Bonchev–Trinajstić information content (AvgIpc) is 2.59. The van der Waals surface area contributed by atoms with Gasteiger partial charge in [0.2, 0.25) is 5.91 Å². The minimum atomic E-state index is -0.338. The predicted octanol–water partition coefficient (Wildman–Crippen LogP) is 1.96. The van der Waals surface area contributed by atoms with Gasteiger partial charge in [-0.05, 0) is 38.7 Å². The fourth-order valence-electron chi connectivity index (χ4n) is 2.14. The molecule has 21 heavy (non-hydrogen) atoms. The molecule has 1 aliphatic rings. The second kappa shape index (κ2) is 5.46. The maximum Gasteiger partial charge on any atom is 0.494 e. The van der Waals surface area contributed by atoms with Crippen LogP contribution in [-0.4, -0.2) is 36.2 Å². The number of carbonyl (C=O) groups is 1. The van der Waals surface area contributed by atoms with Crippen molar-refractivity contribution in [2.24, 2.45) is 0 Å². The molecule has 1 fully saturated rings. The van der Waals surface area contributed by atoms with Gasteiger partial charge in [-0.2, -0.15) is 0 Å². The molecular formula is C16H24BNO3. The summed E-state index contributed by atoms with van der Waals surface area (Å²) in [6.45, 7) is 10.4. The molecule has 5 heteroatoms. The Bertz CT molecular complexity index is 509. The van der Waals surface area contributed by atoms with Gasteiger partial charge in [-0.25, -0.2) is 0 Å². The summed E-state index contributed by atoms with van der Waals surface area (Å²) in [6, 6.07) is 8.04. The molecule has 0 unspecified atom stereocenters. The Hall–Kier alpha value is -1.33. The fraction of sp³-hybridized carbons (Fsp3) is 0.562. The van der Waals surface area contributed by atoms with E-state index in [0.29, 0.717) is 6.54 Å². The van der Waals surface area contributed by atoms with Gasteiger partial charge in [0, 0.05) is 20.5 Å². The largest absolute Gasteiger partial charge is 0.494 e. The van der Waals surface area contributed by atoms with Crippen molar-refractivity contribution < 1.29 is 14.1 Å². The van der Waals surface area contributed by atoms with Crippen molar-refractivity contribution in [1.82, 2.24) is 4.90 Å². The van der Waals surface area contributed by atoms with Gasteiger partial charge in [0.15, 0.2) is 0 Å². The van der Waals surface area contributed by atoms with Crippen LogP contribution in [0, 0.1) is 0 Å². The third-order valence-electron chi connectivity index (χ3n) is 4.46. The first kappa shape index (κ1) is 16.1. The van der Waals surface area contributed by atoms with Crippen LogP contribution >= 0.6 is 0 Å². The first-order chi connectivity index (χ1) is 9.62. The zero-order valence-electron chi connectivity index (χ0n) is 13.8. The van der Waals surface area contributed by atoms with Gasteiger partial charge >= 0.3 is 7.12 Å². The van der Waals surface area contributed by atoms with E-state index in [0.717, 1.165) is 11.0 Å². The molecule has 0 saturated carbocycles. The molecule has 4 nitrogen and oxygen atoms in total. The number of carbonyl (C=O) groups excluding carboxylic acids is 1. The van der Waals surface area contributed by atoms with Gasteiger partial charge in [-0.1, -0.05) is 24.3 Å². The third kappa shape index (κ3) is 3.30. The lowest BCUT2D eigenvalue weighted by Gasteiger charge is -2.32. The molecule has 0 bridgehead atoms. The Morgan fingerprint density at radius 3 is 2.00 bits per heavy atom. The van der Waals surface area contributed by atoms with E-state index in [-0.39, 0.29) is 24.2 Å². The van der Waals surface area contributed by atoms with Gasteiger partial charge in [0.25, 0.3) is 0 Å². The molecule has 1 aliphatic heterocycles. The molecule has 0 spiro atoms. The van der Waals surface area contributed by atoms with Gasteiger partial charge in [-0.15, -0.1) is 0 Å². The fourth-order valence-corrected chi connectivity index (χ4v) is 2.14. The van der Waals surface area contributed by atoms with E-state index in [1.807, 2.05) is 52.0 Å². The predicted molar refractivity (Wildman–Crippen MR) is 84.3 cm³/mol. The highest BCUT2D eigenvalue weighted by molar-refractivity contribution is 6.62. The normalized spacial score (nSPS) is 19.6. The third-order valence-corrected chi connectivity index (χ3v) is 4.46. The molecule has 0 aliphatic carbocycles. The monoisotopic (exact) mass is 289 g/mol. The Balaban J connectivity index is 2.09. The molecule has 0 aromatic heterocycles. The smallest absolute Gasteiger partial charge is 0.399 e. The molecule has 114 valence electrons. The Morgan fingerprint density at radius 1 is 1.10 bits per heavy atom. The number of hydrogen-bond acceptors (Lipinski definition) is 3. The van der Waals surface area contributed by atoms with Crippen LogP contribution in [0.4, 0.5) is 0 Å². The second-order valence-corrected chi connectivity index (χ2v) is 6.70. The number of hydrogen-bond donors (Lipinski definition) is 0. The first-order valence-corrected chi connectivity index (χ1v) is 7.28. The summed E-state index contributed by atoms with van der Waals surface area (Å²) in [7, 11) is 1.46. The van der Waals surface area contributed by atoms with E-state index in [1.165, 1.54) is 0 Å². The van der Waals surface area contributed by atoms with Gasteiger partial charge in [0.05, 0.1) is 11.2 Å². The zero-order chi connectivity index (χ0) is 15.8. The molecule has 1 aromatic rings. The van der Waals surface area contributed by atoms with Crippen molar-refractivity contribution in [3.8, 4) is 0 Å². The Labute approximate surface area is 127 Å². The number of amides is 1. The number of rotatable bonds is 3. The van der Waals surface area contributed by atoms with E-state index >= 15 is 0 Å². The van der Waals surface area contributed by atoms with E-state index < -0.39 is 0 Å². The summed E-state index contributed by atoms with van der Waals surface area (Å²) in [4.78, 5) is 12.9. The van der Waals surface area contributed by atoms with E-state index in [2.05, 4.69) is 0 Å². The molecular weight excluding hydrogens is 265 g/mol. The Morgan fingerprint density at radius 2 is 1.57 bits per heavy atom. The average molecular weight is 289 g/mol. The molecule has 0 N–H and O–H groups in total. The summed E-state index contributed by atoms with van der Waals surface area (Å²) in [5.74, 6) is 0.0602. The summed E-state index contributed by atoms with van der Waals surface area (Å²) >= 11 is 0. The summed E-state index contributed by atoms with van der Waals surface area (Å²) in [5.41, 5.74) is 1.44. The van der Waals surface area contributed by atoms with Crippen LogP contribution in [0.2, 0.25) is 0 Å². The lowest BCUT2D eigenvalue weighted by atomic mass is 9.79. The van der Waals surface area contributed by atoms with Crippen LogP contribution in [0.5, 0.6) is 0 Å². The summed E-state index contributed by atoms with van der Waals surface area (Å²) in [5, 5.41) is 0.